The summed E-state index contributed by atoms with van der Waals surface area (Å²) in [6.07, 6.45) is 10.6. The number of ether oxygens (including phenoxy) is 1. The third-order valence-electron chi connectivity index (χ3n) is 6.59. The van der Waals surface area contributed by atoms with E-state index in [2.05, 4.69) is 16.4 Å². The Morgan fingerprint density at radius 1 is 1.19 bits per heavy atom. The van der Waals surface area contributed by atoms with Gasteiger partial charge in [-0.05, 0) is 69.1 Å². The van der Waals surface area contributed by atoms with Crippen LogP contribution in [0.1, 0.15) is 61.9 Å². The summed E-state index contributed by atoms with van der Waals surface area (Å²) < 4.78 is 5.26. The molecule has 1 aromatic carbocycles. The number of amides is 2. The van der Waals surface area contributed by atoms with Gasteiger partial charge in [0.15, 0.2) is 0 Å². The number of benzene rings is 1. The molecule has 2 N–H and O–H groups in total. The average molecular weight is 424 g/mol. The van der Waals surface area contributed by atoms with Gasteiger partial charge in [0.25, 0.3) is 5.91 Å². The molecule has 1 aromatic heterocycles. The van der Waals surface area contributed by atoms with Gasteiger partial charge < -0.3 is 19.9 Å². The van der Waals surface area contributed by atoms with Crippen molar-refractivity contribution in [3.8, 4) is 5.75 Å². The summed E-state index contributed by atoms with van der Waals surface area (Å²) in [5.41, 5.74) is 3.00. The van der Waals surface area contributed by atoms with Crippen LogP contribution in [0, 0.1) is 5.92 Å². The van der Waals surface area contributed by atoms with Gasteiger partial charge in [-0.3, -0.25) is 9.59 Å². The smallest absolute Gasteiger partial charge is 0.270 e. The summed E-state index contributed by atoms with van der Waals surface area (Å²) in [4.78, 5) is 30.4. The Hall–Kier alpha value is -2.76. The number of H-pyrrole nitrogens is 1. The molecule has 2 amide bonds. The standard InChI is InChI=1S/C25H33N3O3/c1-31-21-8-7-20-16-23(27-22(20)17-21)25(30)28-13-10-19(11-14-28)15-24(29)26-12-9-18-5-3-2-4-6-18/h5,7-8,16-17,19,27H,2-4,6,9-15H2,1H3,(H,26,29). The predicted molar refractivity (Wildman–Crippen MR) is 122 cm³/mol. The molecular formula is C25H33N3O3. The van der Waals surface area contributed by atoms with Gasteiger partial charge in [0.1, 0.15) is 11.4 Å². The van der Waals surface area contributed by atoms with Crippen LogP contribution >= 0.6 is 0 Å². The topological polar surface area (TPSA) is 74.4 Å². The number of fused-ring (bicyclic) bond motifs is 1. The van der Waals surface area contributed by atoms with Crippen molar-refractivity contribution in [1.82, 2.24) is 15.2 Å². The molecule has 31 heavy (non-hydrogen) atoms. The van der Waals surface area contributed by atoms with E-state index >= 15 is 0 Å². The fourth-order valence-corrected chi connectivity index (χ4v) is 4.69. The highest BCUT2D eigenvalue weighted by atomic mass is 16.5. The predicted octanol–water partition coefficient (Wildman–Crippen LogP) is 4.43. The molecule has 2 aromatic rings. The molecule has 1 fully saturated rings. The molecule has 166 valence electrons. The lowest BCUT2D eigenvalue weighted by molar-refractivity contribution is -0.122. The van der Waals surface area contributed by atoms with E-state index in [0.717, 1.165) is 42.5 Å². The third-order valence-corrected chi connectivity index (χ3v) is 6.59. The van der Waals surface area contributed by atoms with Crippen molar-refractivity contribution < 1.29 is 14.3 Å². The van der Waals surface area contributed by atoms with Gasteiger partial charge in [0.2, 0.25) is 5.91 Å². The second-order valence-corrected chi connectivity index (χ2v) is 8.78. The van der Waals surface area contributed by atoms with Gasteiger partial charge in [0.05, 0.1) is 7.11 Å². The van der Waals surface area contributed by atoms with Crippen LogP contribution < -0.4 is 10.1 Å². The number of methoxy groups -OCH3 is 1. The summed E-state index contributed by atoms with van der Waals surface area (Å²) >= 11 is 0. The first kappa shape index (κ1) is 21.5. The number of allylic oxidation sites excluding steroid dienone is 1. The molecule has 1 aliphatic carbocycles. The summed E-state index contributed by atoms with van der Waals surface area (Å²) in [5.74, 6) is 1.29. The zero-order valence-electron chi connectivity index (χ0n) is 18.4. The highest BCUT2D eigenvalue weighted by molar-refractivity contribution is 5.98. The minimum Gasteiger partial charge on any atom is -0.497 e. The molecule has 0 radical (unpaired) electrons. The molecule has 1 saturated heterocycles. The number of nitrogens with one attached hydrogen (secondary N) is 2. The molecule has 2 aliphatic rings. The molecular weight excluding hydrogens is 390 g/mol. The summed E-state index contributed by atoms with van der Waals surface area (Å²) in [6.45, 7) is 2.14. The normalized spacial score (nSPS) is 17.5. The largest absolute Gasteiger partial charge is 0.497 e. The maximum atomic E-state index is 12.9. The fraction of sp³-hybridized carbons (Fsp3) is 0.520. The minimum atomic E-state index is 0.0267. The van der Waals surface area contributed by atoms with Gasteiger partial charge in [-0.15, -0.1) is 0 Å². The van der Waals surface area contributed by atoms with Crippen molar-refractivity contribution in [2.24, 2.45) is 5.92 Å². The lowest BCUT2D eigenvalue weighted by atomic mass is 9.93. The molecule has 0 unspecified atom stereocenters. The van der Waals surface area contributed by atoms with E-state index in [9.17, 15) is 9.59 Å². The van der Waals surface area contributed by atoms with Gasteiger partial charge in [-0.2, -0.15) is 0 Å². The lowest BCUT2D eigenvalue weighted by Crippen LogP contribution is -2.39. The van der Waals surface area contributed by atoms with Crippen molar-refractivity contribution in [1.29, 1.82) is 0 Å². The van der Waals surface area contributed by atoms with Gasteiger partial charge in [-0.1, -0.05) is 11.6 Å². The minimum absolute atomic E-state index is 0.0267. The second kappa shape index (κ2) is 10.0. The summed E-state index contributed by atoms with van der Waals surface area (Å²) in [5, 5.41) is 4.09. The molecule has 4 rings (SSSR count). The Morgan fingerprint density at radius 2 is 2.03 bits per heavy atom. The van der Waals surface area contributed by atoms with E-state index < -0.39 is 0 Å². The number of aromatic amines is 1. The van der Waals surface area contributed by atoms with Gasteiger partial charge in [0, 0.05) is 43.0 Å². The second-order valence-electron chi connectivity index (χ2n) is 8.78. The van der Waals surface area contributed by atoms with Crippen molar-refractivity contribution in [2.75, 3.05) is 26.7 Å². The molecule has 0 saturated carbocycles. The van der Waals surface area contributed by atoms with Crippen LogP contribution in [0.15, 0.2) is 35.9 Å². The SMILES string of the molecule is COc1ccc2cc(C(=O)N3CCC(CC(=O)NCCC4=CCCCC4)CC3)[nH]c2c1. The first-order valence-corrected chi connectivity index (χ1v) is 11.5. The fourth-order valence-electron chi connectivity index (χ4n) is 4.69. The van der Waals surface area contributed by atoms with E-state index in [-0.39, 0.29) is 11.8 Å². The molecule has 0 spiro atoms. The Morgan fingerprint density at radius 3 is 2.77 bits per heavy atom. The third kappa shape index (κ3) is 5.49. The highest BCUT2D eigenvalue weighted by Crippen LogP contribution is 2.25. The maximum absolute atomic E-state index is 12.9. The zero-order chi connectivity index (χ0) is 21.6. The zero-order valence-corrected chi connectivity index (χ0v) is 18.4. The summed E-state index contributed by atoms with van der Waals surface area (Å²) in [6, 6.07) is 7.66. The van der Waals surface area contributed by atoms with E-state index in [1.165, 1.54) is 31.3 Å². The molecule has 0 bridgehead atoms. The van der Waals surface area contributed by atoms with Crippen LogP contribution in [0.5, 0.6) is 5.75 Å². The van der Waals surface area contributed by atoms with E-state index in [1.807, 2.05) is 29.2 Å². The maximum Gasteiger partial charge on any atom is 0.270 e. The number of nitrogens with zero attached hydrogens (tertiary/aromatic N) is 1. The van der Waals surface area contributed by atoms with Gasteiger partial charge in [-0.25, -0.2) is 0 Å². The van der Waals surface area contributed by atoms with Crippen molar-refractivity contribution in [3.63, 3.8) is 0 Å². The molecule has 1 aliphatic heterocycles. The first-order valence-electron chi connectivity index (χ1n) is 11.5. The number of hydrogen-bond acceptors (Lipinski definition) is 3. The van der Waals surface area contributed by atoms with Crippen LogP contribution in [-0.4, -0.2) is 48.4 Å². The highest BCUT2D eigenvalue weighted by Gasteiger charge is 2.26. The summed E-state index contributed by atoms with van der Waals surface area (Å²) in [7, 11) is 1.63. The number of piperidine rings is 1. The van der Waals surface area contributed by atoms with Crippen molar-refractivity contribution in [3.05, 3.63) is 41.6 Å². The van der Waals surface area contributed by atoms with Crippen LogP contribution in [0.4, 0.5) is 0 Å². The lowest BCUT2D eigenvalue weighted by Gasteiger charge is -2.31. The Kier molecular flexibility index (Phi) is 6.95. The Bertz CT molecular complexity index is 954. The van der Waals surface area contributed by atoms with Crippen LogP contribution in [-0.2, 0) is 4.79 Å². The molecule has 0 atom stereocenters. The molecule has 6 heteroatoms. The number of carbonyl (C=O) groups excluding carboxylic acids is 2. The monoisotopic (exact) mass is 423 g/mol. The van der Waals surface area contributed by atoms with Crippen molar-refractivity contribution >= 4 is 22.7 Å². The quantitative estimate of drug-likeness (QED) is 0.647. The van der Waals surface area contributed by atoms with Crippen LogP contribution in [0.25, 0.3) is 10.9 Å². The Labute approximate surface area is 184 Å². The van der Waals surface area contributed by atoms with Crippen LogP contribution in [0.2, 0.25) is 0 Å². The molecule has 2 heterocycles. The number of carbonyl (C=O) groups is 2. The average Bonchev–Trinajstić information content (AvgIpc) is 3.23. The molecule has 6 nitrogen and oxygen atoms in total. The van der Waals surface area contributed by atoms with E-state index in [0.29, 0.717) is 31.1 Å². The van der Waals surface area contributed by atoms with Crippen LogP contribution in [0.3, 0.4) is 0 Å². The number of hydrogen-bond donors (Lipinski definition) is 2. The number of aromatic nitrogens is 1. The number of likely N-dealkylation sites (tertiary alicyclic amines) is 1. The number of rotatable bonds is 7. The Balaban J connectivity index is 1.22. The first-order chi connectivity index (χ1) is 15.1. The van der Waals surface area contributed by atoms with E-state index in [4.69, 9.17) is 4.74 Å². The van der Waals surface area contributed by atoms with E-state index in [1.54, 1.807) is 7.11 Å². The van der Waals surface area contributed by atoms with Crippen molar-refractivity contribution in [2.45, 2.75) is 51.4 Å². The van der Waals surface area contributed by atoms with Gasteiger partial charge >= 0.3 is 0 Å².